The number of aliphatic hydroxyl groups is 3. The van der Waals surface area contributed by atoms with Crippen LogP contribution in [-0.4, -0.2) is 52.8 Å². The summed E-state index contributed by atoms with van der Waals surface area (Å²) in [4.78, 5) is 11.9. The lowest BCUT2D eigenvalue weighted by molar-refractivity contribution is -0.130. The van der Waals surface area contributed by atoms with Crippen LogP contribution in [0.2, 0.25) is 0 Å². The van der Waals surface area contributed by atoms with Gasteiger partial charge in [-0.05, 0) is 17.7 Å². The van der Waals surface area contributed by atoms with Crippen LogP contribution in [0.15, 0.2) is 60.7 Å². The van der Waals surface area contributed by atoms with E-state index in [0.717, 1.165) is 5.56 Å². The molecule has 0 unspecified atom stereocenters. The molecule has 0 aliphatic carbocycles. The zero-order valence-corrected chi connectivity index (χ0v) is 13.7. The van der Waals surface area contributed by atoms with Crippen LogP contribution in [0, 0.1) is 0 Å². The zero-order valence-electron chi connectivity index (χ0n) is 13.7. The molecule has 25 heavy (non-hydrogen) atoms. The quantitative estimate of drug-likeness (QED) is 0.589. The Morgan fingerprint density at radius 2 is 1.52 bits per heavy atom. The minimum atomic E-state index is -1.30. The molecule has 3 atom stereocenters. The van der Waals surface area contributed by atoms with Gasteiger partial charge in [-0.15, -0.1) is 0 Å². The molecule has 6 nitrogen and oxygen atoms in total. The summed E-state index contributed by atoms with van der Waals surface area (Å²) >= 11 is 0. The summed E-state index contributed by atoms with van der Waals surface area (Å²) in [6.45, 7) is -0.792. The van der Waals surface area contributed by atoms with Crippen molar-refractivity contribution in [3.8, 4) is 0 Å². The molecule has 0 aliphatic rings. The number of aliphatic hydroxyl groups excluding tert-OH is 3. The molecule has 0 saturated carbocycles. The van der Waals surface area contributed by atoms with E-state index in [1.807, 2.05) is 30.3 Å². The number of benzene rings is 2. The highest BCUT2D eigenvalue weighted by Crippen LogP contribution is 2.12. The van der Waals surface area contributed by atoms with Crippen LogP contribution in [0.1, 0.15) is 15.9 Å². The predicted molar refractivity (Wildman–Crippen MR) is 90.8 cm³/mol. The Labute approximate surface area is 146 Å². The second-order valence-electron chi connectivity index (χ2n) is 5.54. The Bertz CT molecular complexity index is 631. The van der Waals surface area contributed by atoms with Crippen molar-refractivity contribution in [2.45, 2.75) is 24.9 Å². The molecule has 0 fully saturated rings. The van der Waals surface area contributed by atoms with Crippen molar-refractivity contribution in [1.82, 2.24) is 0 Å². The number of hydrogen-bond acceptors (Lipinski definition) is 6. The van der Waals surface area contributed by atoms with E-state index >= 15 is 0 Å². The van der Waals surface area contributed by atoms with Crippen molar-refractivity contribution in [3.63, 3.8) is 0 Å². The largest absolute Gasteiger partial charge is 0.459 e. The van der Waals surface area contributed by atoms with Gasteiger partial charge in [0, 0.05) is 0 Å². The average Bonchev–Trinajstić information content (AvgIpc) is 2.67. The maximum atomic E-state index is 11.9. The third-order valence-electron chi connectivity index (χ3n) is 3.63. The fraction of sp³-hybridized carbons (Fsp3) is 0.316. The fourth-order valence-corrected chi connectivity index (χ4v) is 2.26. The molecule has 3 N–H and O–H groups in total. The first-order valence-corrected chi connectivity index (χ1v) is 7.96. The van der Waals surface area contributed by atoms with Gasteiger partial charge in [0.15, 0.2) is 0 Å². The minimum absolute atomic E-state index is 0.145. The molecule has 6 heteroatoms. The molecule has 2 aromatic rings. The molecule has 0 bridgehead atoms. The zero-order chi connectivity index (χ0) is 18.1. The van der Waals surface area contributed by atoms with E-state index in [0.29, 0.717) is 5.56 Å². The third kappa shape index (κ3) is 5.95. The number of esters is 1. The molecule has 0 heterocycles. The lowest BCUT2D eigenvalue weighted by Crippen LogP contribution is -2.44. The number of hydrogen-bond donors (Lipinski definition) is 3. The van der Waals surface area contributed by atoms with Crippen LogP contribution >= 0.6 is 0 Å². The van der Waals surface area contributed by atoms with E-state index in [9.17, 15) is 15.0 Å². The van der Waals surface area contributed by atoms with Crippen molar-refractivity contribution in [2.75, 3.05) is 13.2 Å². The van der Waals surface area contributed by atoms with E-state index in [1.54, 1.807) is 30.3 Å². The molecule has 0 saturated heterocycles. The van der Waals surface area contributed by atoms with Gasteiger partial charge in [-0.1, -0.05) is 48.5 Å². The molecule has 0 aliphatic heterocycles. The first kappa shape index (κ1) is 19.1. The molecule has 2 rings (SSSR count). The van der Waals surface area contributed by atoms with E-state index in [1.165, 1.54) is 0 Å². The number of carbonyl (C=O) groups is 1. The molecule has 2 aromatic carbocycles. The first-order chi connectivity index (χ1) is 12.1. The topological polar surface area (TPSA) is 96.2 Å². The van der Waals surface area contributed by atoms with Crippen molar-refractivity contribution in [1.29, 1.82) is 0 Å². The first-order valence-electron chi connectivity index (χ1n) is 7.96. The van der Waals surface area contributed by atoms with Gasteiger partial charge < -0.3 is 24.8 Å². The number of carbonyl (C=O) groups excluding carboxylic acids is 1. The summed E-state index contributed by atoms with van der Waals surface area (Å²) in [5.41, 5.74) is 1.21. The maximum absolute atomic E-state index is 11.9. The SMILES string of the molecule is O=C(OC[C@@H](O)[C@@H](OCc1ccccc1)[C@H](O)CO)c1ccccc1. The Morgan fingerprint density at radius 1 is 0.920 bits per heavy atom. The van der Waals surface area contributed by atoms with Gasteiger partial charge in [-0.25, -0.2) is 4.79 Å². The average molecular weight is 346 g/mol. The summed E-state index contributed by atoms with van der Waals surface area (Å²) in [5.74, 6) is -0.583. The maximum Gasteiger partial charge on any atom is 0.338 e. The fourth-order valence-electron chi connectivity index (χ4n) is 2.26. The van der Waals surface area contributed by atoms with Gasteiger partial charge in [0.25, 0.3) is 0 Å². The normalized spacial score (nSPS) is 14.5. The molecular weight excluding hydrogens is 324 g/mol. The van der Waals surface area contributed by atoms with Gasteiger partial charge in [0.2, 0.25) is 0 Å². The van der Waals surface area contributed by atoms with Crippen molar-refractivity contribution in [2.24, 2.45) is 0 Å². The van der Waals surface area contributed by atoms with Crippen LogP contribution < -0.4 is 0 Å². The van der Waals surface area contributed by atoms with Crippen molar-refractivity contribution < 1.29 is 29.6 Å². The van der Waals surface area contributed by atoms with Crippen molar-refractivity contribution in [3.05, 3.63) is 71.8 Å². The lowest BCUT2D eigenvalue weighted by atomic mass is 10.1. The highest BCUT2D eigenvalue weighted by molar-refractivity contribution is 5.89. The summed E-state index contributed by atoms with van der Waals surface area (Å²) in [7, 11) is 0. The second-order valence-corrected chi connectivity index (χ2v) is 5.54. The van der Waals surface area contributed by atoms with Crippen molar-refractivity contribution >= 4 is 5.97 Å². The molecule has 0 aromatic heterocycles. The highest BCUT2D eigenvalue weighted by Gasteiger charge is 2.29. The molecule has 0 amide bonds. The summed E-state index contributed by atoms with van der Waals surface area (Å²) in [6.07, 6.45) is -3.67. The standard InChI is InChI=1S/C19H22O6/c20-11-16(21)18(24-12-14-7-3-1-4-8-14)17(22)13-25-19(23)15-9-5-2-6-10-15/h1-10,16-18,20-22H,11-13H2/t16-,17-,18+/m1/s1. The molecule has 0 spiro atoms. The Hall–Kier alpha value is -2.25. The predicted octanol–water partition coefficient (Wildman–Crippen LogP) is 1.14. The van der Waals surface area contributed by atoms with Gasteiger partial charge in [0.05, 0.1) is 18.8 Å². The monoisotopic (exact) mass is 346 g/mol. The van der Waals surface area contributed by atoms with E-state index in [4.69, 9.17) is 14.6 Å². The molecule has 134 valence electrons. The molecule has 0 radical (unpaired) electrons. The Kier molecular flexibility index (Phi) is 7.56. The van der Waals surface area contributed by atoms with Gasteiger partial charge in [0.1, 0.15) is 24.9 Å². The Morgan fingerprint density at radius 3 is 2.12 bits per heavy atom. The third-order valence-corrected chi connectivity index (χ3v) is 3.63. The number of rotatable bonds is 9. The summed E-state index contributed by atoms with van der Waals surface area (Å²) in [6, 6.07) is 17.6. The van der Waals surface area contributed by atoms with Crippen LogP contribution in [0.25, 0.3) is 0 Å². The van der Waals surface area contributed by atoms with Gasteiger partial charge in [-0.3, -0.25) is 0 Å². The lowest BCUT2D eigenvalue weighted by Gasteiger charge is -2.26. The van der Waals surface area contributed by atoms with Gasteiger partial charge >= 0.3 is 5.97 Å². The van der Waals surface area contributed by atoms with Crippen LogP contribution in [0.4, 0.5) is 0 Å². The molecular formula is C19H22O6. The van der Waals surface area contributed by atoms with Crippen LogP contribution in [0.3, 0.4) is 0 Å². The summed E-state index contributed by atoms with van der Waals surface area (Å²) in [5, 5.41) is 29.2. The van der Waals surface area contributed by atoms with E-state index in [2.05, 4.69) is 0 Å². The van der Waals surface area contributed by atoms with Crippen LogP contribution in [-0.2, 0) is 16.1 Å². The van der Waals surface area contributed by atoms with Crippen LogP contribution in [0.5, 0.6) is 0 Å². The van der Waals surface area contributed by atoms with E-state index < -0.39 is 30.9 Å². The second kappa shape index (κ2) is 9.90. The number of ether oxygens (including phenoxy) is 2. The smallest absolute Gasteiger partial charge is 0.338 e. The van der Waals surface area contributed by atoms with E-state index in [-0.39, 0.29) is 13.2 Å². The van der Waals surface area contributed by atoms with Gasteiger partial charge in [-0.2, -0.15) is 0 Å². The highest BCUT2D eigenvalue weighted by atomic mass is 16.6. The Balaban J connectivity index is 1.91. The summed E-state index contributed by atoms with van der Waals surface area (Å²) < 4.78 is 10.6. The minimum Gasteiger partial charge on any atom is -0.459 e.